The molecule has 1 amide bonds. The molecule has 3 atom stereocenters. The number of fused-ring (bicyclic) bond motifs is 2. The van der Waals surface area contributed by atoms with Gasteiger partial charge in [-0.2, -0.15) is 0 Å². The van der Waals surface area contributed by atoms with Crippen LogP contribution in [0, 0.1) is 25.7 Å². The van der Waals surface area contributed by atoms with E-state index < -0.39 is 6.10 Å². The van der Waals surface area contributed by atoms with Crippen molar-refractivity contribution in [1.29, 1.82) is 0 Å². The first kappa shape index (κ1) is 29.1. The van der Waals surface area contributed by atoms with Gasteiger partial charge in [0, 0.05) is 42.7 Å². The fourth-order valence-corrected chi connectivity index (χ4v) is 7.18. The predicted molar refractivity (Wildman–Crippen MR) is 161 cm³/mol. The number of thiazole rings is 1. The van der Waals surface area contributed by atoms with E-state index >= 15 is 0 Å². The molecule has 41 heavy (non-hydrogen) atoms. The molecule has 1 aliphatic carbocycles. The van der Waals surface area contributed by atoms with Crippen molar-refractivity contribution in [2.24, 2.45) is 11.8 Å². The highest BCUT2D eigenvalue weighted by Gasteiger charge is 2.34. The quantitative estimate of drug-likeness (QED) is 0.371. The molecule has 3 fully saturated rings. The third-order valence-electron chi connectivity index (χ3n) is 8.44. The van der Waals surface area contributed by atoms with Gasteiger partial charge in [-0.15, -0.1) is 11.3 Å². The second-order valence-corrected chi connectivity index (χ2v) is 12.4. The SMILES string of the molecule is Cc1ccc(OCc2ccc(C(=O)N3CCCC(O)C3)cc2C)c(-c2csc(N3CC4CCC(C4)C3)n2)c1.O=CO. The lowest BCUT2D eigenvalue weighted by Crippen LogP contribution is -2.42. The lowest BCUT2D eigenvalue weighted by Gasteiger charge is -2.31. The van der Waals surface area contributed by atoms with E-state index in [0.717, 1.165) is 71.0 Å². The molecular weight excluding hydrogens is 538 g/mol. The number of ether oxygens (including phenoxy) is 1. The van der Waals surface area contributed by atoms with E-state index in [-0.39, 0.29) is 12.4 Å². The van der Waals surface area contributed by atoms with Crippen LogP contribution in [0.2, 0.25) is 0 Å². The number of carbonyl (C=O) groups excluding carboxylic acids is 1. The Hall–Kier alpha value is -3.43. The molecule has 8 nitrogen and oxygen atoms in total. The summed E-state index contributed by atoms with van der Waals surface area (Å²) in [6, 6.07) is 12.1. The van der Waals surface area contributed by atoms with Crippen LogP contribution >= 0.6 is 11.3 Å². The highest BCUT2D eigenvalue weighted by Crippen LogP contribution is 2.40. The van der Waals surface area contributed by atoms with E-state index in [1.54, 1.807) is 16.2 Å². The molecule has 3 aromatic rings. The van der Waals surface area contributed by atoms with Crippen LogP contribution in [-0.4, -0.2) is 64.8 Å². The van der Waals surface area contributed by atoms with Gasteiger partial charge in [0.05, 0.1) is 11.8 Å². The van der Waals surface area contributed by atoms with Crippen LogP contribution in [0.15, 0.2) is 41.8 Å². The van der Waals surface area contributed by atoms with E-state index in [1.807, 2.05) is 31.2 Å². The number of aliphatic hydroxyl groups is 1. The number of nitrogens with zero attached hydrogens (tertiary/aromatic N) is 3. The van der Waals surface area contributed by atoms with Gasteiger partial charge in [-0.25, -0.2) is 4.98 Å². The number of aryl methyl sites for hydroxylation is 2. The minimum Gasteiger partial charge on any atom is -0.488 e. The third kappa shape index (κ3) is 6.90. The summed E-state index contributed by atoms with van der Waals surface area (Å²) in [5.74, 6) is 2.47. The van der Waals surface area contributed by atoms with Crippen LogP contribution in [-0.2, 0) is 11.4 Å². The maximum absolute atomic E-state index is 13.0. The van der Waals surface area contributed by atoms with E-state index in [0.29, 0.717) is 25.3 Å². The summed E-state index contributed by atoms with van der Waals surface area (Å²) in [5, 5.41) is 20.1. The molecule has 3 heterocycles. The summed E-state index contributed by atoms with van der Waals surface area (Å²) >= 11 is 1.74. The molecule has 1 saturated carbocycles. The summed E-state index contributed by atoms with van der Waals surface area (Å²) in [6.45, 7) is 7.68. The molecule has 6 rings (SSSR count). The standard InChI is InChI=1S/C31H37N3O3S.CH2O2/c1-20-5-10-29(27(12-20)28-19-38-31(32-28)34-15-22-6-7-23(14-22)16-34)37-18-25-9-8-24(13-21(25)2)30(36)33-11-3-4-26(35)17-33;2-1-3/h5,8-10,12-13,19,22-23,26,35H,3-4,6-7,11,14-18H2,1-2H3;1H,(H,2,3). The van der Waals surface area contributed by atoms with Gasteiger partial charge in [-0.3, -0.25) is 9.59 Å². The highest BCUT2D eigenvalue weighted by molar-refractivity contribution is 7.14. The van der Waals surface area contributed by atoms with E-state index in [2.05, 4.69) is 29.3 Å². The summed E-state index contributed by atoms with van der Waals surface area (Å²) in [4.78, 5) is 30.6. The normalized spacial score (nSPS) is 21.7. The lowest BCUT2D eigenvalue weighted by atomic mass is 9.99. The van der Waals surface area contributed by atoms with Crippen molar-refractivity contribution in [2.75, 3.05) is 31.1 Å². The van der Waals surface area contributed by atoms with Crippen LogP contribution in [0.25, 0.3) is 11.3 Å². The Balaban J connectivity index is 0.00000108. The summed E-state index contributed by atoms with van der Waals surface area (Å²) in [5.41, 5.74) is 5.92. The van der Waals surface area contributed by atoms with Crippen LogP contribution in [0.4, 0.5) is 5.13 Å². The van der Waals surface area contributed by atoms with Gasteiger partial charge >= 0.3 is 0 Å². The number of hydrogen-bond donors (Lipinski definition) is 2. The average molecular weight is 578 g/mol. The Morgan fingerprint density at radius 3 is 2.56 bits per heavy atom. The molecule has 0 radical (unpaired) electrons. The van der Waals surface area contributed by atoms with Gasteiger partial charge in [0.1, 0.15) is 12.4 Å². The maximum Gasteiger partial charge on any atom is 0.290 e. The zero-order valence-corrected chi connectivity index (χ0v) is 24.6. The third-order valence-corrected chi connectivity index (χ3v) is 9.34. The zero-order chi connectivity index (χ0) is 28.9. The second-order valence-electron chi connectivity index (χ2n) is 11.5. The number of likely N-dealkylation sites (tertiary alicyclic amines) is 1. The molecular formula is C32H39N3O5S. The molecule has 2 aliphatic heterocycles. The molecule has 2 N–H and O–H groups in total. The van der Waals surface area contributed by atoms with Crippen molar-refractivity contribution in [2.45, 2.75) is 58.7 Å². The minimum absolute atomic E-state index is 0.0128. The topological polar surface area (TPSA) is 103 Å². The van der Waals surface area contributed by atoms with Crippen LogP contribution in [0.1, 0.15) is 59.2 Å². The number of benzene rings is 2. The van der Waals surface area contributed by atoms with Gasteiger partial charge in [0.25, 0.3) is 12.4 Å². The molecule has 2 aromatic carbocycles. The number of aromatic nitrogens is 1. The van der Waals surface area contributed by atoms with E-state index in [9.17, 15) is 9.90 Å². The fourth-order valence-electron chi connectivity index (χ4n) is 6.34. The van der Waals surface area contributed by atoms with Gasteiger partial charge in [0.15, 0.2) is 5.13 Å². The molecule has 3 aliphatic rings. The van der Waals surface area contributed by atoms with Crippen molar-refractivity contribution < 1.29 is 24.5 Å². The van der Waals surface area contributed by atoms with Crippen LogP contribution in [0.3, 0.4) is 0 Å². The molecule has 2 saturated heterocycles. The number of anilines is 1. The highest BCUT2D eigenvalue weighted by atomic mass is 32.1. The summed E-state index contributed by atoms with van der Waals surface area (Å²) in [7, 11) is 0. The first-order valence-electron chi connectivity index (χ1n) is 14.4. The Morgan fingerprint density at radius 2 is 1.85 bits per heavy atom. The van der Waals surface area contributed by atoms with E-state index in [1.165, 1.54) is 24.8 Å². The van der Waals surface area contributed by atoms with E-state index in [4.69, 9.17) is 19.6 Å². The largest absolute Gasteiger partial charge is 0.488 e. The van der Waals surface area contributed by atoms with Gasteiger partial charge in [-0.05, 0) is 93.2 Å². The molecule has 9 heteroatoms. The van der Waals surface area contributed by atoms with Gasteiger partial charge < -0.3 is 24.7 Å². The molecule has 0 spiro atoms. The Kier molecular flexibility index (Phi) is 9.25. The van der Waals surface area contributed by atoms with Crippen LogP contribution < -0.4 is 9.64 Å². The number of amides is 1. The summed E-state index contributed by atoms with van der Waals surface area (Å²) < 4.78 is 6.37. The zero-order valence-electron chi connectivity index (χ0n) is 23.8. The number of carbonyl (C=O) groups is 2. The molecule has 2 bridgehead atoms. The second kappa shape index (κ2) is 13.0. The first-order valence-corrected chi connectivity index (χ1v) is 15.3. The van der Waals surface area contributed by atoms with Crippen LogP contribution in [0.5, 0.6) is 5.75 Å². The monoisotopic (exact) mass is 577 g/mol. The molecule has 3 unspecified atom stereocenters. The predicted octanol–water partition coefficient (Wildman–Crippen LogP) is 5.54. The minimum atomic E-state index is -0.422. The van der Waals surface area contributed by atoms with Gasteiger partial charge in [-0.1, -0.05) is 17.7 Å². The number of carboxylic acid groups (broad SMARTS) is 1. The Bertz CT molecular complexity index is 1360. The number of β-amino-alcohol motifs (C(OH)–C–C–N with tert-alkyl or cyclic N) is 1. The van der Waals surface area contributed by atoms with Crippen molar-refractivity contribution in [3.63, 3.8) is 0 Å². The number of aliphatic hydroxyl groups excluding tert-OH is 1. The van der Waals surface area contributed by atoms with Crippen molar-refractivity contribution in [3.8, 4) is 17.0 Å². The smallest absolute Gasteiger partial charge is 0.290 e. The lowest BCUT2D eigenvalue weighted by molar-refractivity contribution is -0.122. The fraction of sp³-hybridized carbons (Fsp3) is 0.469. The van der Waals surface area contributed by atoms with Crippen molar-refractivity contribution in [3.05, 3.63) is 64.0 Å². The number of hydrogen-bond acceptors (Lipinski definition) is 7. The van der Waals surface area contributed by atoms with Gasteiger partial charge in [0.2, 0.25) is 0 Å². The van der Waals surface area contributed by atoms with Crippen molar-refractivity contribution in [1.82, 2.24) is 9.88 Å². The first-order chi connectivity index (χ1) is 19.8. The molecule has 218 valence electrons. The van der Waals surface area contributed by atoms with Crippen molar-refractivity contribution >= 4 is 28.8 Å². The average Bonchev–Trinajstić information content (AvgIpc) is 3.59. The number of piperidine rings is 2. The Morgan fingerprint density at radius 1 is 1.10 bits per heavy atom. The number of rotatable bonds is 6. The molecule has 1 aromatic heterocycles. The maximum atomic E-state index is 13.0. The summed E-state index contributed by atoms with van der Waals surface area (Å²) in [6.07, 6.45) is 5.31. The Labute approximate surface area is 245 Å².